The van der Waals surface area contributed by atoms with Crippen molar-refractivity contribution in [1.29, 1.82) is 0 Å². The second kappa shape index (κ2) is 7.96. The van der Waals surface area contributed by atoms with E-state index in [1.54, 1.807) is 17.4 Å². The van der Waals surface area contributed by atoms with Crippen LogP contribution in [0.25, 0.3) is 0 Å². The third kappa shape index (κ3) is 4.88. The van der Waals surface area contributed by atoms with Crippen LogP contribution in [-0.4, -0.2) is 29.4 Å². The largest absolute Gasteiger partial charge is 0.472 e. The van der Waals surface area contributed by atoms with E-state index >= 15 is 0 Å². The molecule has 2 aromatic rings. The molecule has 1 amide bonds. The number of likely N-dealkylation sites (tertiary alicyclic amines) is 1. The third-order valence-corrected chi connectivity index (χ3v) is 4.48. The van der Waals surface area contributed by atoms with Gasteiger partial charge in [0.15, 0.2) is 0 Å². The Morgan fingerprint density at radius 1 is 1.23 bits per heavy atom. The molecule has 1 aromatic carbocycles. The van der Waals surface area contributed by atoms with Crippen molar-refractivity contribution >= 4 is 6.09 Å². The number of piperidine rings is 1. The minimum atomic E-state index is -0.525. The number of carbonyl (C=O) groups is 1. The van der Waals surface area contributed by atoms with Gasteiger partial charge in [-0.15, -0.1) is 0 Å². The van der Waals surface area contributed by atoms with Gasteiger partial charge in [-0.05, 0) is 56.7 Å². The number of benzene rings is 1. The molecule has 2 heterocycles. The van der Waals surface area contributed by atoms with Crippen LogP contribution in [-0.2, 0) is 16.1 Å². The van der Waals surface area contributed by atoms with Crippen LogP contribution >= 0.6 is 0 Å². The molecule has 0 N–H and O–H groups in total. The predicted molar refractivity (Wildman–Crippen MR) is 98.6 cm³/mol. The fraction of sp³-hybridized carbons (Fsp3) is 0.476. The van der Waals surface area contributed by atoms with Gasteiger partial charge in [-0.3, -0.25) is 4.90 Å². The van der Waals surface area contributed by atoms with Crippen molar-refractivity contribution < 1.29 is 18.7 Å². The molecule has 3 rings (SSSR count). The molecule has 5 heteroatoms. The van der Waals surface area contributed by atoms with E-state index in [0.717, 1.165) is 24.0 Å². The monoisotopic (exact) mass is 357 g/mol. The fourth-order valence-corrected chi connectivity index (χ4v) is 3.19. The topological polar surface area (TPSA) is 51.9 Å². The smallest absolute Gasteiger partial charge is 0.412 e. The van der Waals surface area contributed by atoms with E-state index in [0.29, 0.717) is 19.1 Å². The van der Waals surface area contributed by atoms with Gasteiger partial charge in [0.1, 0.15) is 11.8 Å². The lowest BCUT2D eigenvalue weighted by Crippen LogP contribution is -2.48. The average Bonchev–Trinajstić information content (AvgIpc) is 3.14. The molecule has 1 aliphatic heterocycles. The van der Waals surface area contributed by atoms with Crippen LogP contribution in [0.4, 0.5) is 4.79 Å². The summed E-state index contributed by atoms with van der Waals surface area (Å²) in [5.74, 6) is 0.313. The van der Waals surface area contributed by atoms with Crippen molar-refractivity contribution in [3.63, 3.8) is 0 Å². The van der Waals surface area contributed by atoms with E-state index in [-0.39, 0.29) is 12.3 Å². The minimum absolute atomic E-state index is 0.313. The van der Waals surface area contributed by atoms with Crippen LogP contribution in [0.15, 0.2) is 53.3 Å². The minimum Gasteiger partial charge on any atom is -0.472 e. The Morgan fingerprint density at radius 2 is 2.00 bits per heavy atom. The third-order valence-electron chi connectivity index (χ3n) is 4.48. The molecule has 2 atom stereocenters. The first-order valence-electron chi connectivity index (χ1n) is 9.09. The van der Waals surface area contributed by atoms with Crippen molar-refractivity contribution in [3.05, 3.63) is 60.1 Å². The SMILES string of the molecule is CC(C)(C)OC(=O)N1CCC(c2ccoc2)CC1OCc1ccccc1. The van der Waals surface area contributed by atoms with Crippen molar-refractivity contribution in [2.75, 3.05) is 6.54 Å². The standard InChI is InChI=1S/C21H27NO4/c1-21(2,3)26-20(23)22-11-9-17(18-10-12-24-15-18)13-19(22)25-14-16-7-5-4-6-8-16/h4-8,10,12,15,17,19H,9,11,13-14H2,1-3H3. The summed E-state index contributed by atoms with van der Waals surface area (Å²) in [6.07, 6.45) is 4.42. The molecule has 0 spiro atoms. The average molecular weight is 357 g/mol. The van der Waals surface area contributed by atoms with E-state index in [4.69, 9.17) is 13.9 Å². The molecule has 1 fully saturated rings. The molecule has 0 bridgehead atoms. The lowest BCUT2D eigenvalue weighted by atomic mass is 9.90. The summed E-state index contributed by atoms with van der Waals surface area (Å²) in [6.45, 7) is 6.70. The molecule has 1 aliphatic rings. The van der Waals surface area contributed by atoms with E-state index in [9.17, 15) is 4.79 Å². The molecule has 0 aliphatic carbocycles. The molecule has 1 aromatic heterocycles. The maximum Gasteiger partial charge on any atom is 0.412 e. The van der Waals surface area contributed by atoms with Gasteiger partial charge in [0.25, 0.3) is 0 Å². The molecule has 0 radical (unpaired) electrons. The lowest BCUT2D eigenvalue weighted by molar-refractivity contribution is -0.0938. The maximum absolute atomic E-state index is 12.6. The summed E-state index contributed by atoms with van der Waals surface area (Å²) >= 11 is 0. The van der Waals surface area contributed by atoms with E-state index in [1.165, 1.54) is 0 Å². The highest BCUT2D eigenvalue weighted by Gasteiger charge is 2.35. The number of furan rings is 1. The Morgan fingerprint density at radius 3 is 2.65 bits per heavy atom. The van der Waals surface area contributed by atoms with Gasteiger partial charge in [0.2, 0.25) is 0 Å². The van der Waals surface area contributed by atoms with E-state index in [1.807, 2.05) is 57.2 Å². The summed E-state index contributed by atoms with van der Waals surface area (Å²) < 4.78 is 16.9. The number of nitrogens with zero attached hydrogens (tertiary/aromatic N) is 1. The summed E-state index contributed by atoms with van der Waals surface area (Å²) in [6, 6.07) is 12.0. The Hall–Kier alpha value is -2.27. The van der Waals surface area contributed by atoms with Crippen LogP contribution in [0, 0.1) is 0 Å². The predicted octanol–water partition coefficient (Wildman–Crippen LogP) is 4.94. The van der Waals surface area contributed by atoms with Gasteiger partial charge in [-0.25, -0.2) is 4.79 Å². The highest BCUT2D eigenvalue weighted by molar-refractivity contribution is 5.68. The molecule has 2 unspecified atom stereocenters. The molecule has 140 valence electrons. The summed E-state index contributed by atoms with van der Waals surface area (Å²) in [5, 5.41) is 0. The fourth-order valence-electron chi connectivity index (χ4n) is 3.19. The quantitative estimate of drug-likeness (QED) is 0.778. The Bertz CT molecular complexity index is 691. The molecule has 5 nitrogen and oxygen atoms in total. The second-order valence-corrected chi connectivity index (χ2v) is 7.70. The van der Waals surface area contributed by atoms with Crippen LogP contribution in [0.3, 0.4) is 0 Å². The number of amides is 1. The first-order valence-corrected chi connectivity index (χ1v) is 9.09. The number of rotatable bonds is 4. The van der Waals surface area contributed by atoms with Gasteiger partial charge < -0.3 is 13.9 Å². The second-order valence-electron chi connectivity index (χ2n) is 7.70. The molecule has 1 saturated heterocycles. The molecular weight excluding hydrogens is 330 g/mol. The number of ether oxygens (including phenoxy) is 2. The lowest BCUT2D eigenvalue weighted by Gasteiger charge is -2.39. The number of hydrogen-bond donors (Lipinski definition) is 0. The van der Waals surface area contributed by atoms with Gasteiger partial charge in [-0.2, -0.15) is 0 Å². The van der Waals surface area contributed by atoms with Crippen LogP contribution in [0.5, 0.6) is 0 Å². The maximum atomic E-state index is 12.6. The zero-order chi connectivity index (χ0) is 18.6. The summed E-state index contributed by atoms with van der Waals surface area (Å²) in [4.78, 5) is 14.3. The number of carbonyl (C=O) groups excluding carboxylic acids is 1. The van der Waals surface area contributed by atoms with Crippen molar-refractivity contribution in [2.45, 2.75) is 58.0 Å². The van der Waals surface area contributed by atoms with Crippen molar-refractivity contribution in [2.24, 2.45) is 0 Å². The summed E-state index contributed by atoms with van der Waals surface area (Å²) in [7, 11) is 0. The van der Waals surface area contributed by atoms with Gasteiger partial charge in [0.05, 0.1) is 19.1 Å². The van der Waals surface area contributed by atoms with Crippen LogP contribution in [0.2, 0.25) is 0 Å². The Balaban J connectivity index is 1.71. The van der Waals surface area contributed by atoms with Gasteiger partial charge in [0, 0.05) is 6.54 Å². The van der Waals surface area contributed by atoms with Crippen LogP contribution in [0.1, 0.15) is 50.7 Å². The Labute approximate surface area is 154 Å². The Kier molecular flexibility index (Phi) is 5.67. The highest BCUT2D eigenvalue weighted by atomic mass is 16.6. The first-order chi connectivity index (χ1) is 12.4. The molecule has 26 heavy (non-hydrogen) atoms. The zero-order valence-corrected chi connectivity index (χ0v) is 15.7. The van der Waals surface area contributed by atoms with Gasteiger partial charge >= 0.3 is 6.09 Å². The first kappa shape index (κ1) is 18.5. The summed E-state index contributed by atoms with van der Waals surface area (Å²) in [5.41, 5.74) is 1.71. The van der Waals surface area contributed by atoms with Crippen molar-refractivity contribution in [3.8, 4) is 0 Å². The number of hydrogen-bond acceptors (Lipinski definition) is 4. The van der Waals surface area contributed by atoms with Gasteiger partial charge in [-0.1, -0.05) is 30.3 Å². The highest BCUT2D eigenvalue weighted by Crippen LogP contribution is 2.33. The normalized spacial score (nSPS) is 20.8. The van der Waals surface area contributed by atoms with Crippen LogP contribution < -0.4 is 0 Å². The van der Waals surface area contributed by atoms with Crippen molar-refractivity contribution in [1.82, 2.24) is 4.90 Å². The van der Waals surface area contributed by atoms with E-state index < -0.39 is 5.60 Å². The van der Waals surface area contributed by atoms with E-state index in [2.05, 4.69) is 0 Å². The molecule has 0 saturated carbocycles. The zero-order valence-electron chi connectivity index (χ0n) is 15.7. The molecular formula is C21H27NO4.